The van der Waals surface area contributed by atoms with Crippen molar-refractivity contribution in [3.8, 4) is 5.75 Å². The minimum absolute atomic E-state index is 0.0481. The van der Waals surface area contributed by atoms with E-state index in [1.807, 2.05) is 12.1 Å². The number of rotatable bonds is 4. The zero-order valence-electron chi connectivity index (χ0n) is 14.8. The third-order valence-corrected chi connectivity index (χ3v) is 4.80. The standard InChI is InChI=1S/C20H20F3NO3/c1-27-17-5-2-13(3-6-17)14-10-15-11-16(20(21,22)23)4-7-18(15)24(8-9-25)19(26)12-14/h2-7,11,14,25H,8-10,12H2,1H3. The molecule has 4 nitrogen and oxygen atoms in total. The van der Waals surface area contributed by atoms with E-state index in [1.165, 1.54) is 11.0 Å². The van der Waals surface area contributed by atoms with Gasteiger partial charge in [0, 0.05) is 18.7 Å². The van der Waals surface area contributed by atoms with Gasteiger partial charge in [-0.3, -0.25) is 4.79 Å². The van der Waals surface area contributed by atoms with E-state index < -0.39 is 11.7 Å². The molecule has 0 aromatic heterocycles. The highest BCUT2D eigenvalue weighted by Gasteiger charge is 2.34. The summed E-state index contributed by atoms with van der Waals surface area (Å²) in [6.45, 7) is -0.216. The fraction of sp³-hybridized carbons (Fsp3) is 0.350. The Kier molecular flexibility index (Phi) is 5.41. The van der Waals surface area contributed by atoms with Gasteiger partial charge in [-0.25, -0.2) is 0 Å². The molecule has 0 fully saturated rings. The lowest BCUT2D eigenvalue weighted by Crippen LogP contribution is -2.33. The van der Waals surface area contributed by atoms with Gasteiger partial charge in [0.15, 0.2) is 0 Å². The molecule has 3 rings (SSSR count). The lowest BCUT2D eigenvalue weighted by atomic mass is 9.89. The molecule has 0 saturated heterocycles. The highest BCUT2D eigenvalue weighted by molar-refractivity contribution is 5.95. The molecule has 1 N–H and O–H groups in total. The van der Waals surface area contributed by atoms with E-state index in [1.54, 1.807) is 19.2 Å². The second-order valence-electron chi connectivity index (χ2n) is 6.49. The zero-order valence-corrected chi connectivity index (χ0v) is 14.8. The monoisotopic (exact) mass is 379 g/mol. The van der Waals surface area contributed by atoms with Crippen molar-refractivity contribution in [2.24, 2.45) is 0 Å². The molecule has 1 aliphatic rings. The molecule has 1 atom stereocenters. The summed E-state index contributed by atoms with van der Waals surface area (Å²) in [6, 6.07) is 10.6. The third kappa shape index (κ3) is 4.08. The maximum absolute atomic E-state index is 13.2. The number of methoxy groups -OCH3 is 1. The normalized spacial score (nSPS) is 17.4. The average Bonchev–Trinajstić information content (AvgIpc) is 2.78. The van der Waals surface area contributed by atoms with E-state index in [0.717, 1.165) is 17.7 Å². The van der Waals surface area contributed by atoms with Crippen LogP contribution in [0, 0.1) is 0 Å². The molecule has 0 radical (unpaired) electrons. The second-order valence-corrected chi connectivity index (χ2v) is 6.49. The molecule has 0 bridgehead atoms. The first kappa shape index (κ1) is 19.2. The van der Waals surface area contributed by atoms with Gasteiger partial charge >= 0.3 is 6.18 Å². The van der Waals surface area contributed by atoms with E-state index in [0.29, 0.717) is 23.4 Å². The van der Waals surface area contributed by atoms with Gasteiger partial charge < -0.3 is 14.7 Å². The lowest BCUT2D eigenvalue weighted by Gasteiger charge is -2.22. The number of halogens is 3. The van der Waals surface area contributed by atoms with Crippen LogP contribution in [-0.2, 0) is 17.4 Å². The number of amides is 1. The van der Waals surface area contributed by atoms with Crippen LogP contribution in [0.25, 0.3) is 0 Å². The Morgan fingerprint density at radius 2 is 1.85 bits per heavy atom. The zero-order chi connectivity index (χ0) is 19.6. The Morgan fingerprint density at radius 3 is 2.44 bits per heavy atom. The first-order valence-electron chi connectivity index (χ1n) is 8.58. The van der Waals surface area contributed by atoms with Crippen LogP contribution in [0.4, 0.5) is 18.9 Å². The molecule has 1 heterocycles. The van der Waals surface area contributed by atoms with Gasteiger partial charge in [0.05, 0.1) is 19.3 Å². The number of carbonyl (C=O) groups excluding carboxylic acids is 1. The number of benzene rings is 2. The molecule has 0 saturated carbocycles. The van der Waals surface area contributed by atoms with E-state index in [-0.39, 0.29) is 31.4 Å². The smallest absolute Gasteiger partial charge is 0.416 e. The van der Waals surface area contributed by atoms with Crippen LogP contribution < -0.4 is 9.64 Å². The predicted octanol–water partition coefficient (Wildman–Crippen LogP) is 3.77. The van der Waals surface area contributed by atoms with Gasteiger partial charge in [-0.1, -0.05) is 12.1 Å². The number of carbonyl (C=O) groups is 1. The van der Waals surface area contributed by atoms with E-state index in [4.69, 9.17) is 4.74 Å². The Bertz CT molecular complexity index is 818. The van der Waals surface area contributed by atoms with Crippen molar-refractivity contribution in [1.82, 2.24) is 0 Å². The van der Waals surface area contributed by atoms with Crippen LogP contribution in [-0.4, -0.2) is 31.3 Å². The van der Waals surface area contributed by atoms with Crippen LogP contribution in [0.15, 0.2) is 42.5 Å². The third-order valence-electron chi connectivity index (χ3n) is 4.80. The van der Waals surface area contributed by atoms with Crippen molar-refractivity contribution in [3.63, 3.8) is 0 Å². The fourth-order valence-corrected chi connectivity index (χ4v) is 3.44. The van der Waals surface area contributed by atoms with Crippen LogP contribution >= 0.6 is 0 Å². The Balaban J connectivity index is 2.03. The molecule has 1 amide bonds. The number of aliphatic hydroxyl groups excluding tert-OH is 1. The fourth-order valence-electron chi connectivity index (χ4n) is 3.44. The van der Waals surface area contributed by atoms with Gasteiger partial charge in [0.2, 0.25) is 5.91 Å². The van der Waals surface area contributed by atoms with Crippen molar-refractivity contribution < 1.29 is 27.8 Å². The first-order valence-corrected chi connectivity index (χ1v) is 8.58. The summed E-state index contributed by atoms with van der Waals surface area (Å²) in [7, 11) is 1.55. The lowest BCUT2D eigenvalue weighted by molar-refractivity contribution is -0.137. The molecule has 7 heteroatoms. The molecule has 27 heavy (non-hydrogen) atoms. The molecule has 0 spiro atoms. The summed E-state index contributed by atoms with van der Waals surface area (Å²) >= 11 is 0. The van der Waals surface area contributed by atoms with Crippen LogP contribution in [0.1, 0.15) is 29.0 Å². The number of aliphatic hydroxyl groups is 1. The maximum atomic E-state index is 13.2. The molecular weight excluding hydrogens is 359 g/mol. The van der Waals surface area contributed by atoms with Gasteiger partial charge in [-0.15, -0.1) is 0 Å². The Morgan fingerprint density at radius 1 is 1.15 bits per heavy atom. The number of ether oxygens (including phenoxy) is 1. The molecular formula is C20H20F3NO3. The number of hydrogen-bond acceptors (Lipinski definition) is 3. The Hall–Kier alpha value is -2.54. The van der Waals surface area contributed by atoms with Crippen molar-refractivity contribution in [2.45, 2.75) is 24.9 Å². The minimum atomic E-state index is -4.46. The van der Waals surface area contributed by atoms with Gasteiger partial charge in [-0.05, 0) is 53.8 Å². The van der Waals surface area contributed by atoms with E-state index in [9.17, 15) is 23.1 Å². The van der Waals surface area contributed by atoms with Crippen LogP contribution in [0.2, 0.25) is 0 Å². The van der Waals surface area contributed by atoms with Crippen LogP contribution in [0.3, 0.4) is 0 Å². The van der Waals surface area contributed by atoms with E-state index in [2.05, 4.69) is 0 Å². The maximum Gasteiger partial charge on any atom is 0.416 e. The molecule has 2 aromatic carbocycles. The number of nitrogens with zero attached hydrogens (tertiary/aromatic N) is 1. The molecule has 144 valence electrons. The van der Waals surface area contributed by atoms with Crippen molar-refractivity contribution >= 4 is 11.6 Å². The first-order chi connectivity index (χ1) is 12.8. The number of β-amino-alcohol motifs (C(OH)–C–C–N with tert-alkyl or cyclic N) is 1. The number of hydrogen-bond donors (Lipinski definition) is 1. The van der Waals surface area contributed by atoms with Crippen molar-refractivity contribution in [2.75, 3.05) is 25.2 Å². The molecule has 0 aliphatic carbocycles. The number of alkyl halides is 3. The summed E-state index contributed by atoms with van der Waals surface area (Å²) in [6.07, 6.45) is -4.00. The molecule has 2 aromatic rings. The summed E-state index contributed by atoms with van der Waals surface area (Å²) in [4.78, 5) is 14.1. The van der Waals surface area contributed by atoms with Gasteiger partial charge in [0.1, 0.15) is 5.75 Å². The summed E-state index contributed by atoms with van der Waals surface area (Å²) in [5.41, 5.74) is 0.995. The van der Waals surface area contributed by atoms with Crippen LogP contribution in [0.5, 0.6) is 5.75 Å². The summed E-state index contributed by atoms with van der Waals surface area (Å²) in [5, 5.41) is 9.29. The summed E-state index contributed by atoms with van der Waals surface area (Å²) in [5.74, 6) is 0.193. The largest absolute Gasteiger partial charge is 0.497 e. The number of fused-ring (bicyclic) bond motifs is 1. The minimum Gasteiger partial charge on any atom is -0.497 e. The van der Waals surface area contributed by atoms with Crippen molar-refractivity contribution in [1.29, 1.82) is 0 Å². The SMILES string of the molecule is COc1ccc(C2CC(=O)N(CCO)c3ccc(C(F)(F)F)cc3C2)cc1. The average molecular weight is 379 g/mol. The molecule has 1 aliphatic heterocycles. The van der Waals surface area contributed by atoms with Gasteiger partial charge in [-0.2, -0.15) is 13.2 Å². The summed E-state index contributed by atoms with van der Waals surface area (Å²) < 4.78 is 44.6. The predicted molar refractivity (Wildman–Crippen MR) is 94.9 cm³/mol. The highest BCUT2D eigenvalue weighted by atomic mass is 19.4. The molecule has 1 unspecified atom stereocenters. The number of anilines is 1. The second kappa shape index (κ2) is 7.60. The quantitative estimate of drug-likeness (QED) is 0.880. The van der Waals surface area contributed by atoms with E-state index >= 15 is 0 Å². The topological polar surface area (TPSA) is 49.8 Å². The highest BCUT2D eigenvalue weighted by Crippen LogP contribution is 2.38. The Labute approximate surface area is 155 Å². The van der Waals surface area contributed by atoms with Gasteiger partial charge in [0.25, 0.3) is 0 Å². The van der Waals surface area contributed by atoms with Crippen molar-refractivity contribution in [3.05, 3.63) is 59.2 Å².